The van der Waals surface area contributed by atoms with Crippen molar-refractivity contribution in [1.82, 2.24) is 24.9 Å². The first-order chi connectivity index (χ1) is 13.7. The summed E-state index contributed by atoms with van der Waals surface area (Å²) in [6, 6.07) is 3.59. The van der Waals surface area contributed by atoms with E-state index in [-0.39, 0.29) is 18.2 Å². The first kappa shape index (κ1) is 20.7. The number of alkyl halides is 1. The van der Waals surface area contributed by atoms with Gasteiger partial charge in [0.2, 0.25) is 0 Å². The molecule has 0 saturated carbocycles. The quantitative estimate of drug-likeness (QED) is 0.563. The highest BCUT2D eigenvalue weighted by Crippen LogP contribution is 2.26. The Labute approximate surface area is 168 Å². The van der Waals surface area contributed by atoms with E-state index < -0.39 is 17.7 Å². The molecule has 1 amide bonds. The molecule has 3 aromatic heterocycles. The molecule has 0 radical (unpaired) electrons. The van der Waals surface area contributed by atoms with Gasteiger partial charge in [-0.25, -0.2) is 13.9 Å². The van der Waals surface area contributed by atoms with Crippen molar-refractivity contribution in [3.63, 3.8) is 0 Å². The molecule has 0 bridgehead atoms. The maximum absolute atomic E-state index is 14.0. The molecule has 0 aromatic carbocycles. The van der Waals surface area contributed by atoms with Crippen LogP contribution in [0.4, 0.5) is 10.1 Å². The van der Waals surface area contributed by atoms with Gasteiger partial charge in [-0.3, -0.25) is 9.78 Å². The first-order valence-electron chi connectivity index (χ1n) is 9.36. The molecule has 29 heavy (non-hydrogen) atoms. The van der Waals surface area contributed by atoms with Crippen LogP contribution in [-0.4, -0.2) is 55.0 Å². The molecular weight excluding hydrogens is 375 g/mol. The zero-order valence-corrected chi connectivity index (χ0v) is 16.8. The largest absolute Gasteiger partial charge is 0.387 e. The lowest BCUT2D eigenvalue weighted by molar-refractivity contribution is -0.00177. The van der Waals surface area contributed by atoms with E-state index in [1.165, 1.54) is 20.0 Å². The first-order valence-corrected chi connectivity index (χ1v) is 9.36. The Balaban J connectivity index is 1.91. The molecule has 8 nitrogen and oxygen atoms in total. The number of aliphatic hydroxyl groups is 1. The molecule has 0 unspecified atom stereocenters. The summed E-state index contributed by atoms with van der Waals surface area (Å²) in [5, 5.41) is 19.7. The van der Waals surface area contributed by atoms with Gasteiger partial charge in [-0.15, -0.1) is 0 Å². The number of hydrogen-bond acceptors (Lipinski definition) is 6. The van der Waals surface area contributed by atoms with E-state index in [2.05, 4.69) is 25.7 Å². The van der Waals surface area contributed by atoms with E-state index in [0.29, 0.717) is 17.0 Å². The van der Waals surface area contributed by atoms with Crippen molar-refractivity contribution >= 4 is 17.2 Å². The number of amides is 1. The third kappa shape index (κ3) is 4.68. The molecule has 3 aromatic rings. The van der Waals surface area contributed by atoms with Gasteiger partial charge in [0, 0.05) is 24.6 Å². The fourth-order valence-corrected chi connectivity index (χ4v) is 2.75. The number of nitrogens with zero attached hydrogens (tertiary/aromatic N) is 4. The van der Waals surface area contributed by atoms with Gasteiger partial charge in [0.25, 0.3) is 5.91 Å². The van der Waals surface area contributed by atoms with E-state index in [1.54, 1.807) is 35.2 Å². The van der Waals surface area contributed by atoms with E-state index in [4.69, 9.17) is 0 Å². The van der Waals surface area contributed by atoms with Crippen LogP contribution in [0.25, 0.3) is 16.9 Å². The van der Waals surface area contributed by atoms with Gasteiger partial charge in [0.05, 0.1) is 40.9 Å². The molecule has 3 heterocycles. The average Bonchev–Trinajstić information content (AvgIpc) is 3.08. The van der Waals surface area contributed by atoms with E-state index in [0.717, 1.165) is 5.56 Å². The number of rotatable bonds is 7. The maximum atomic E-state index is 14.0. The lowest BCUT2D eigenvalue weighted by atomic mass is 10.0. The predicted octanol–water partition coefficient (Wildman–Crippen LogP) is 2.45. The van der Waals surface area contributed by atoms with Gasteiger partial charge >= 0.3 is 0 Å². The molecule has 3 rings (SSSR count). The summed E-state index contributed by atoms with van der Waals surface area (Å²) >= 11 is 0. The zero-order chi connectivity index (χ0) is 21.2. The number of hydrogen-bond donors (Lipinski definition) is 3. The average molecular weight is 400 g/mol. The molecule has 0 aliphatic heterocycles. The maximum Gasteiger partial charge on any atom is 0.255 e. The minimum absolute atomic E-state index is 0.0594. The van der Waals surface area contributed by atoms with Gasteiger partial charge in [0.15, 0.2) is 5.65 Å². The van der Waals surface area contributed by atoms with Gasteiger partial charge in [-0.1, -0.05) is 0 Å². The highest BCUT2D eigenvalue weighted by molar-refractivity contribution is 6.00. The van der Waals surface area contributed by atoms with Crippen molar-refractivity contribution in [2.24, 2.45) is 0 Å². The van der Waals surface area contributed by atoms with Crippen LogP contribution in [0.5, 0.6) is 0 Å². The van der Waals surface area contributed by atoms with Crippen LogP contribution in [-0.2, 0) is 0 Å². The van der Waals surface area contributed by atoms with Crippen molar-refractivity contribution in [3.05, 3.63) is 42.5 Å². The molecular formula is C20H25FN6O2. The number of halogens is 1. The van der Waals surface area contributed by atoms with Crippen molar-refractivity contribution in [1.29, 1.82) is 0 Å². The SMILES string of the molecule is CC(C)Nc1cc(-c2cnn3cccnc23)ncc1C(=O)NC[C@@H](F)C(C)(C)O. The van der Waals surface area contributed by atoms with E-state index >= 15 is 0 Å². The number of pyridine rings is 1. The summed E-state index contributed by atoms with van der Waals surface area (Å²) in [6.07, 6.45) is 4.98. The highest BCUT2D eigenvalue weighted by Gasteiger charge is 2.27. The lowest BCUT2D eigenvalue weighted by Crippen LogP contribution is -2.42. The number of carbonyl (C=O) groups excluding carboxylic acids is 1. The Morgan fingerprint density at radius 1 is 1.31 bits per heavy atom. The number of aromatic nitrogens is 4. The summed E-state index contributed by atoms with van der Waals surface area (Å²) < 4.78 is 15.6. The topological polar surface area (TPSA) is 104 Å². The molecule has 0 saturated heterocycles. The lowest BCUT2D eigenvalue weighted by Gasteiger charge is -2.23. The molecule has 0 spiro atoms. The summed E-state index contributed by atoms with van der Waals surface area (Å²) in [4.78, 5) is 21.4. The molecule has 0 aliphatic rings. The van der Waals surface area contributed by atoms with E-state index in [1.807, 2.05) is 13.8 Å². The molecule has 0 aliphatic carbocycles. The van der Waals surface area contributed by atoms with Crippen LogP contribution in [0, 0.1) is 0 Å². The van der Waals surface area contributed by atoms with Gasteiger partial charge in [-0.2, -0.15) is 5.10 Å². The number of anilines is 1. The number of fused-ring (bicyclic) bond motifs is 1. The Bertz CT molecular complexity index is 1010. The number of nitrogens with one attached hydrogen (secondary N) is 2. The second kappa shape index (κ2) is 8.12. The van der Waals surface area contributed by atoms with Crippen molar-refractivity contribution < 1.29 is 14.3 Å². The summed E-state index contributed by atoms with van der Waals surface area (Å²) in [5.74, 6) is -0.475. The molecule has 0 fully saturated rings. The van der Waals surface area contributed by atoms with Crippen LogP contribution in [0.15, 0.2) is 36.9 Å². The van der Waals surface area contributed by atoms with Gasteiger partial charge < -0.3 is 15.7 Å². The van der Waals surface area contributed by atoms with Crippen molar-refractivity contribution in [2.45, 2.75) is 45.5 Å². The Morgan fingerprint density at radius 2 is 2.07 bits per heavy atom. The normalized spacial score (nSPS) is 12.9. The smallest absolute Gasteiger partial charge is 0.255 e. The van der Waals surface area contributed by atoms with Crippen LogP contribution in [0.2, 0.25) is 0 Å². The summed E-state index contributed by atoms with van der Waals surface area (Å²) in [7, 11) is 0. The minimum atomic E-state index is -1.59. The second-order valence-corrected chi connectivity index (χ2v) is 7.69. The highest BCUT2D eigenvalue weighted by atomic mass is 19.1. The standard InChI is InChI=1S/C20H25FN6O2/c1-12(2)26-16-8-15(13-10-25-27-7-5-6-22-18(13)27)23-9-14(16)19(28)24-11-17(21)20(3,4)29/h5-10,12,17,29H,11H2,1-4H3,(H,23,26)(H,24,28)/t17-/m1/s1. The Morgan fingerprint density at radius 3 is 2.76 bits per heavy atom. The zero-order valence-electron chi connectivity index (χ0n) is 16.8. The molecule has 9 heteroatoms. The molecule has 1 atom stereocenters. The van der Waals surface area contributed by atoms with E-state index in [9.17, 15) is 14.3 Å². The second-order valence-electron chi connectivity index (χ2n) is 7.69. The van der Waals surface area contributed by atoms with Crippen LogP contribution >= 0.6 is 0 Å². The third-order valence-electron chi connectivity index (χ3n) is 4.36. The monoisotopic (exact) mass is 400 g/mol. The van der Waals surface area contributed by atoms with Crippen LogP contribution in [0.1, 0.15) is 38.1 Å². The third-order valence-corrected chi connectivity index (χ3v) is 4.36. The fraction of sp³-hybridized carbons (Fsp3) is 0.400. The molecule has 154 valence electrons. The Kier molecular flexibility index (Phi) is 5.78. The number of carbonyl (C=O) groups is 1. The van der Waals surface area contributed by atoms with Gasteiger partial charge in [0.1, 0.15) is 6.17 Å². The minimum Gasteiger partial charge on any atom is -0.387 e. The predicted molar refractivity (Wildman–Crippen MR) is 109 cm³/mol. The molecule has 3 N–H and O–H groups in total. The van der Waals surface area contributed by atoms with Crippen molar-refractivity contribution in [3.8, 4) is 11.3 Å². The van der Waals surface area contributed by atoms with Crippen LogP contribution in [0.3, 0.4) is 0 Å². The fourth-order valence-electron chi connectivity index (χ4n) is 2.75. The Hall–Kier alpha value is -3.07. The van der Waals surface area contributed by atoms with Crippen LogP contribution < -0.4 is 10.6 Å². The summed E-state index contributed by atoms with van der Waals surface area (Å²) in [6.45, 7) is 6.31. The van der Waals surface area contributed by atoms with Gasteiger partial charge in [-0.05, 0) is 39.8 Å². The summed E-state index contributed by atoms with van der Waals surface area (Å²) in [5.41, 5.74) is 1.31. The van der Waals surface area contributed by atoms with Crippen molar-refractivity contribution in [2.75, 3.05) is 11.9 Å².